The van der Waals surface area contributed by atoms with Crippen LogP contribution >= 0.6 is 0 Å². The molecule has 1 aromatic heterocycles. The Morgan fingerprint density at radius 1 is 1.04 bits per heavy atom. The van der Waals surface area contributed by atoms with Crippen LogP contribution in [0.3, 0.4) is 0 Å². The Kier molecular flexibility index (Phi) is 5.08. The molecule has 2 aromatic carbocycles. The minimum absolute atomic E-state index is 0.410. The van der Waals surface area contributed by atoms with Gasteiger partial charge in [-0.05, 0) is 17.7 Å². The number of aromatic nitrogens is 3. The quantitative estimate of drug-likeness (QED) is 0.722. The normalized spacial score (nSPS) is 11.9. The van der Waals surface area contributed by atoms with Crippen LogP contribution in [0.1, 0.15) is 17.5 Å². The van der Waals surface area contributed by atoms with Gasteiger partial charge < -0.3 is 19.1 Å². The first kappa shape index (κ1) is 16.0. The highest BCUT2D eigenvalue weighted by molar-refractivity contribution is 5.39. The first-order chi connectivity index (χ1) is 11.8. The molecule has 3 aromatic rings. The van der Waals surface area contributed by atoms with E-state index in [0.717, 1.165) is 5.56 Å². The summed E-state index contributed by atoms with van der Waals surface area (Å²) in [4.78, 5) is 0. The standard InChI is InChI=1S/C18H19N3O3/c1-23-15-9-5-6-10-16(15)24-12-11-21-13-19-20-18(21)17(22)14-7-3-2-4-8-14/h2-10,13,17,22H,11-12H2,1H3. The summed E-state index contributed by atoms with van der Waals surface area (Å²) < 4.78 is 12.8. The van der Waals surface area contributed by atoms with Crippen molar-refractivity contribution in [1.82, 2.24) is 14.8 Å². The molecular formula is C18H19N3O3. The zero-order chi connectivity index (χ0) is 16.8. The second kappa shape index (κ2) is 7.61. The molecule has 0 aliphatic heterocycles. The second-order valence-corrected chi connectivity index (χ2v) is 5.20. The predicted molar refractivity (Wildman–Crippen MR) is 89.0 cm³/mol. The molecule has 24 heavy (non-hydrogen) atoms. The maximum atomic E-state index is 10.5. The molecule has 0 spiro atoms. The molecule has 6 heteroatoms. The molecule has 1 heterocycles. The summed E-state index contributed by atoms with van der Waals surface area (Å²) in [6.07, 6.45) is 0.771. The number of methoxy groups -OCH3 is 1. The van der Waals surface area contributed by atoms with E-state index in [1.807, 2.05) is 54.6 Å². The monoisotopic (exact) mass is 325 g/mol. The minimum atomic E-state index is -0.819. The number of nitrogens with zero attached hydrogens (tertiary/aromatic N) is 3. The van der Waals surface area contributed by atoms with Gasteiger partial charge in [0.1, 0.15) is 19.0 Å². The van der Waals surface area contributed by atoms with E-state index in [-0.39, 0.29) is 0 Å². The van der Waals surface area contributed by atoms with Crippen molar-refractivity contribution in [2.45, 2.75) is 12.6 Å². The van der Waals surface area contributed by atoms with Crippen molar-refractivity contribution in [2.75, 3.05) is 13.7 Å². The smallest absolute Gasteiger partial charge is 0.166 e. The van der Waals surface area contributed by atoms with Crippen LogP contribution in [0.4, 0.5) is 0 Å². The molecule has 124 valence electrons. The first-order valence-electron chi connectivity index (χ1n) is 7.66. The Labute approximate surface area is 140 Å². The van der Waals surface area contributed by atoms with E-state index in [2.05, 4.69) is 10.2 Å². The summed E-state index contributed by atoms with van der Waals surface area (Å²) in [5.74, 6) is 1.86. The van der Waals surface area contributed by atoms with Crippen LogP contribution < -0.4 is 9.47 Å². The fourth-order valence-electron chi connectivity index (χ4n) is 2.42. The third kappa shape index (κ3) is 3.55. The van der Waals surface area contributed by atoms with E-state index in [1.165, 1.54) is 0 Å². The van der Waals surface area contributed by atoms with Crippen molar-refractivity contribution >= 4 is 0 Å². The summed E-state index contributed by atoms with van der Waals surface area (Å²) in [6, 6.07) is 16.9. The molecule has 6 nitrogen and oxygen atoms in total. The number of hydrogen-bond acceptors (Lipinski definition) is 5. The lowest BCUT2D eigenvalue weighted by atomic mass is 10.1. The van der Waals surface area contributed by atoms with Crippen molar-refractivity contribution in [3.63, 3.8) is 0 Å². The molecule has 0 fully saturated rings. The number of hydrogen-bond donors (Lipinski definition) is 1. The van der Waals surface area contributed by atoms with Crippen molar-refractivity contribution < 1.29 is 14.6 Å². The molecule has 1 unspecified atom stereocenters. The molecule has 0 saturated heterocycles. The second-order valence-electron chi connectivity index (χ2n) is 5.20. The molecular weight excluding hydrogens is 306 g/mol. The molecule has 0 radical (unpaired) electrons. The van der Waals surface area contributed by atoms with Crippen molar-refractivity contribution in [2.24, 2.45) is 0 Å². The topological polar surface area (TPSA) is 69.4 Å². The Morgan fingerprint density at radius 2 is 1.75 bits per heavy atom. The van der Waals surface area contributed by atoms with E-state index in [9.17, 15) is 5.11 Å². The van der Waals surface area contributed by atoms with Crippen LogP contribution in [0.2, 0.25) is 0 Å². The van der Waals surface area contributed by atoms with Gasteiger partial charge in [-0.1, -0.05) is 42.5 Å². The lowest BCUT2D eigenvalue weighted by Crippen LogP contribution is -2.14. The van der Waals surface area contributed by atoms with Gasteiger partial charge in [-0.15, -0.1) is 10.2 Å². The summed E-state index contributed by atoms with van der Waals surface area (Å²) >= 11 is 0. The SMILES string of the molecule is COc1ccccc1OCCn1cnnc1C(O)c1ccccc1. The average molecular weight is 325 g/mol. The highest BCUT2D eigenvalue weighted by atomic mass is 16.5. The molecule has 3 rings (SSSR count). The lowest BCUT2D eigenvalue weighted by Gasteiger charge is -2.14. The zero-order valence-corrected chi connectivity index (χ0v) is 13.4. The van der Waals surface area contributed by atoms with E-state index in [0.29, 0.717) is 30.5 Å². The first-order valence-corrected chi connectivity index (χ1v) is 7.66. The van der Waals surface area contributed by atoms with Gasteiger partial charge in [0.15, 0.2) is 17.3 Å². The van der Waals surface area contributed by atoms with E-state index in [4.69, 9.17) is 9.47 Å². The summed E-state index contributed by atoms with van der Waals surface area (Å²) in [5, 5.41) is 18.4. The highest BCUT2D eigenvalue weighted by Crippen LogP contribution is 2.26. The van der Waals surface area contributed by atoms with Crippen LogP contribution in [0.25, 0.3) is 0 Å². The molecule has 0 aliphatic carbocycles. The van der Waals surface area contributed by atoms with E-state index >= 15 is 0 Å². The lowest BCUT2D eigenvalue weighted by molar-refractivity contribution is 0.199. The molecule has 0 amide bonds. The minimum Gasteiger partial charge on any atom is -0.493 e. The molecule has 0 bridgehead atoms. The number of aliphatic hydroxyl groups excluding tert-OH is 1. The van der Waals surface area contributed by atoms with Crippen LogP contribution in [-0.2, 0) is 6.54 Å². The van der Waals surface area contributed by atoms with Crippen molar-refractivity contribution in [1.29, 1.82) is 0 Å². The fourth-order valence-corrected chi connectivity index (χ4v) is 2.42. The fraction of sp³-hybridized carbons (Fsp3) is 0.222. The van der Waals surface area contributed by atoms with Gasteiger partial charge in [-0.2, -0.15) is 0 Å². The Morgan fingerprint density at radius 3 is 2.50 bits per heavy atom. The Hall–Kier alpha value is -2.86. The Balaban J connectivity index is 1.66. The molecule has 0 saturated carbocycles. The molecule has 0 aliphatic rings. The summed E-state index contributed by atoms with van der Waals surface area (Å²) in [5.41, 5.74) is 0.775. The van der Waals surface area contributed by atoms with Crippen molar-refractivity contribution in [3.8, 4) is 11.5 Å². The maximum Gasteiger partial charge on any atom is 0.166 e. The van der Waals surface area contributed by atoms with Crippen LogP contribution in [0.15, 0.2) is 60.9 Å². The van der Waals surface area contributed by atoms with Gasteiger partial charge in [0.05, 0.1) is 13.7 Å². The number of para-hydroxylation sites is 2. The summed E-state index contributed by atoms with van der Waals surface area (Å²) in [7, 11) is 1.61. The van der Waals surface area contributed by atoms with Crippen LogP contribution in [0.5, 0.6) is 11.5 Å². The number of rotatable bonds is 7. The number of aliphatic hydroxyl groups is 1. The third-order valence-corrected chi connectivity index (χ3v) is 3.66. The largest absolute Gasteiger partial charge is 0.493 e. The third-order valence-electron chi connectivity index (χ3n) is 3.66. The number of benzene rings is 2. The Bertz CT molecular complexity index is 774. The van der Waals surface area contributed by atoms with Gasteiger partial charge in [0, 0.05) is 0 Å². The van der Waals surface area contributed by atoms with Gasteiger partial charge in [0.25, 0.3) is 0 Å². The van der Waals surface area contributed by atoms with Gasteiger partial charge >= 0.3 is 0 Å². The maximum absolute atomic E-state index is 10.5. The molecule has 1 atom stereocenters. The molecule has 1 N–H and O–H groups in total. The van der Waals surface area contributed by atoms with Gasteiger partial charge in [-0.3, -0.25) is 0 Å². The van der Waals surface area contributed by atoms with E-state index in [1.54, 1.807) is 18.0 Å². The van der Waals surface area contributed by atoms with Crippen LogP contribution in [0, 0.1) is 0 Å². The average Bonchev–Trinajstić information content (AvgIpc) is 3.10. The predicted octanol–water partition coefficient (Wildman–Crippen LogP) is 2.45. The van der Waals surface area contributed by atoms with Gasteiger partial charge in [0.2, 0.25) is 0 Å². The number of ether oxygens (including phenoxy) is 2. The van der Waals surface area contributed by atoms with Crippen molar-refractivity contribution in [3.05, 3.63) is 72.3 Å². The van der Waals surface area contributed by atoms with Gasteiger partial charge in [-0.25, -0.2) is 0 Å². The van der Waals surface area contributed by atoms with E-state index < -0.39 is 6.10 Å². The summed E-state index contributed by atoms with van der Waals surface area (Å²) in [6.45, 7) is 0.928. The zero-order valence-electron chi connectivity index (χ0n) is 13.4. The van der Waals surface area contributed by atoms with Crippen LogP contribution in [-0.4, -0.2) is 33.6 Å². The highest BCUT2D eigenvalue weighted by Gasteiger charge is 2.17.